The molecule has 2 aromatic carbocycles. The van der Waals surface area contributed by atoms with E-state index in [1.807, 2.05) is 12.1 Å². The number of benzene rings is 2. The van der Waals surface area contributed by atoms with Crippen LogP contribution in [-0.4, -0.2) is 4.98 Å². The first-order valence-electron chi connectivity index (χ1n) is 6.07. The van der Waals surface area contributed by atoms with Gasteiger partial charge in [-0.2, -0.15) is 0 Å². The van der Waals surface area contributed by atoms with Crippen molar-refractivity contribution < 1.29 is 0 Å². The van der Waals surface area contributed by atoms with Gasteiger partial charge in [0.25, 0.3) is 0 Å². The van der Waals surface area contributed by atoms with Crippen molar-refractivity contribution in [1.29, 1.82) is 0 Å². The average molecular weight is 333 g/mol. The molecule has 1 aromatic heterocycles. The minimum Gasteiger partial charge on any atom is -0.378 e. The lowest BCUT2D eigenvalue weighted by Crippen LogP contribution is -1.99. The second-order valence-corrected chi connectivity index (χ2v) is 6.38. The summed E-state index contributed by atoms with van der Waals surface area (Å²) in [5.41, 5.74) is 3.43. The van der Waals surface area contributed by atoms with Crippen LogP contribution < -0.4 is 5.32 Å². The molecular weight excluding hydrogens is 320 g/mol. The number of nitrogens with zero attached hydrogens (tertiary/aromatic N) is 1. The molecule has 0 fully saturated rings. The van der Waals surface area contributed by atoms with Gasteiger partial charge in [0.05, 0.1) is 16.8 Å². The summed E-state index contributed by atoms with van der Waals surface area (Å²) < 4.78 is 2.33. The maximum atomic E-state index is 4.62. The summed E-state index contributed by atoms with van der Waals surface area (Å²) in [6.07, 6.45) is 0. The van der Waals surface area contributed by atoms with Gasteiger partial charge in [-0.3, -0.25) is 0 Å². The molecule has 0 bridgehead atoms. The average Bonchev–Trinajstić information content (AvgIpc) is 2.80. The van der Waals surface area contributed by atoms with Crippen molar-refractivity contribution in [2.24, 2.45) is 0 Å². The number of hydrogen-bond donors (Lipinski definition) is 1. The van der Waals surface area contributed by atoms with Crippen LogP contribution in [0.1, 0.15) is 10.6 Å². The number of thiazole rings is 1. The number of para-hydroxylation sites is 1. The highest BCUT2D eigenvalue weighted by Crippen LogP contribution is 2.26. The Morgan fingerprint density at radius 3 is 2.84 bits per heavy atom. The molecule has 0 aliphatic carbocycles. The molecule has 0 aliphatic rings. The Morgan fingerprint density at radius 2 is 2.05 bits per heavy atom. The van der Waals surface area contributed by atoms with E-state index in [4.69, 9.17) is 0 Å². The largest absolute Gasteiger partial charge is 0.378 e. The Morgan fingerprint density at radius 1 is 1.21 bits per heavy atom. The summed E-state index contributed by atoms with van der Waals surface area (Å²) >= 11 is 5.31. The number of anilines is 1. The summed E-state index contributed by atoms with van der Waals surface area (Å²) in [5.74, 6) is 0. The van der Waals surface area contributed by atoms with Crippen molar-refractivity contribution in [1.82, 2.24) is 4.98 Å². The molecule has 4 heteroatoms. The number of rotatable bonds is 3. The van der Waals surface area contributed by atoms with E-state index in [9.17, 15) is 0 Å². The van der Waals surface area contributed by atoms with E-state index in [1.165, 1.54) is 10.3 Å². The molecule has 0 atom stereocenters. The topological polar surface area (TPSA) is 24.9 Å². The first-order valence-corrected chi connectivity index (χ1v) is 7.68. The van der Waals surface area contributed by atoms with Crippen LogP contribution in [0.5, 0.6) is 0 Å². The highest BCUT2D eigenvalue weighted by molar-refractivity contribution is 9.10. The molecule has 19 heavy (non-hydrogen) atoms. The van der Waals surface area contributed by atoms with E-state index in [2.05, 4.69) is 63.5 Å². The third-order valence-electron chi connectivity index (χ3n) is 2.89. The molecule has 0 spiro atoms. The van der Waals surface area contributed by atoms with Gasteiger partial charge < -0.3 is 5.32 Å². The molecule has 96 valence electrons. The van der Waals surface area contributed by atoms with Crippen LogP contribution in [0.25, 0.3) is 10.2 Å². The van der Waals surface area contributed by atoms with Crippen LogP contribution in [-0.2, 0) is 6.54 Å². The van der Waals surface area contributed by atoms with Gasteiger partial charge in [-0.25, -0.2) is 4.98 Å². The van der Waals surface area contributed by atoms with E-state index in [-0.39, 0.29) is 0 Å². The van der Waals surface area contributed by atoms with Crippen molar-refractivity contribution >= 4 is 43.2 Å². The number of aryl methyl sites for hydroxylation is 1. The fourth-order valence-corrected chi connectivity index (χ4v) is 3.47. The Bertz CT molecular complexity index is 688. The predicted molar refractivity (Wildman–Crippen MR) is 85.8 cm³/mol. The first-order chi connectivity index (χ1) is 9.22. The summed E-state index contributed by atoms with van der Waals surface area (Å²) in [4.78, 5) is 4.62. The van der Waals surface area contributed by atoms with Gasteiger partial charge >= 0.3 is 0 Å². The molecule has 0 amide bonds. The predicted octanol–water partition coefficient (Wildman–Crippen LogP) is 4.98. The fraction of sp³-hybridized carbons (Fsp3) is 0.133. The third kappa shape index (κ3) is 2.80. The van der Waals surface area contributed by atoms with Gasteiger partial charge in [0.15, 0.2) is 0 Å². The lowest BCUT2D eigenvalue weighted by molar-refractivity contribution is 1.11. The normalized spacial score (nSPS) is 10.8. The Kier molecular flexibility index (Phi) is 3.53. The number of fused-ring (bicyclic) bond motifs is 1. The highest BCUT2D eigenvalue weighted by atomic mass is 79.9. The minimum atomic E-state index is 0.751. The Labute approximate surface area is 124 Å². The highest BCUT2D eigenvalue weighted by Gasteiger charge is 2.04. The number of hydrogen-bond acceptors (Lipinski definition) is 3. The van der Waals surface area contributed by atoms with Crippen LogP contribution in [0.2, 0.25) is 0 Å². The molecule has 2 nitrogen and oxygen atoms in total. The first kappa shape index (κ1) is 12.6. The second kappa shape index (κ2) is 5.31. The summed E-state index contributed by atoms with van der Waals surface area (Å²) in [6, 6.07) is 14.5. The third-order valence-corrected chi connectivity index (χ3v) is 4.59. The quantitative estimate of drug-likeness (QED) is 0.731. The van der Waals surface area contributed by atoms with E-state index in [0.717, 1.165) is 27.2 Å². The van der Waals surface area contributed by atoms with Crippen molar-refractivity contribution in [3.05, 3.63) is 57.5 Å². The molecule has 0 aliphatic heterocycles. The second-order valence-electron chi connectivity index (χ2n) is 4.41. The summed E-state index contributed by atoms with van der Waals surface area (Å²) in [7, 11) is 0. The SMILES string of the molecule is Cc1ccc(NCc2nc3ccccc3s2)c(Br)c1. The van der Waals surface area contributed by atoms with Crippen LogP contribution >= 0.6 is 27.3 Å². The zero-order valence-corrected chi connectivity index (χ0v) is 12.9. The lowest BCUT2D eigenvalue weighted by Gasteiger charge is -2.07. The van der Waals surface area contributed by atoms with E-state index in [0.29, 0.717) is 0 Å². The van der Waals surface area contributed by atoms with Crippen LogP contribution in [0.4, 0.5) is 5.69 Å². The molecule has 0 saturated carbocycles. The van der Waals surface area contributed by atoms with Gasteiger partial charge in [-0.15, -0.1) is 11.3 Å². The smallest absolute Gasteiger partial charge is 0.113 e. The number of nitrogens with one attached hydrogen (secondary N) is 1. The van der Waals surface area contributed by atoms with E-state index < -0.39 is 0 Å². The molecule has 1 N–H and O–H groups in total. The maximum absolute atomic E-state index is 4.62. The summed E-state index contributed by atoms with van der Waals surface area (Å²) in [6.45, 7) is 2.84. The zero-order chi connectivity index (χ0) is 13.2. The molecule has 0 saturated heterocycles. The van der Waals surface area contributed by atoms with Gasteiger partial charge in [-0.05, 0) is 52.7 Å². The molecule has 3 rings (SSSR count). The van der Waals surface area contributed by atoms with Gasteiger partial charge in [0.1, 0.15) is 5.01 Å². The molecular formula is C15H13BrN2S. The van der Waals surface area contributed by atoms with E-state index >= 15 is 0 Å². The van der Waals surface area contributed by atoms with Crippen molar-refractivity contribution in [2.45, 2.75) is 13.5 Å². The minimum absolute atomic E-state index is 0.751. The van der Waals surface area contributed by atoms with Crippen LogP contribution in [0.3, 0.4) is 0 Å². The van der Waals surface area contributed by atoms with Crippen molar-refractivity contribution in [3.8, 4) is 0 Å². The molecule has 0 unspecified atom stereocenters. The lowest BCUT2D eigenvalue weighted by atomic mass is 10.2. The molecule has 0 radical (unpaired) electrons. The Hall–Kier alpha value is -1.39. The zero-order valence-electron chi connectivity index (χ0n) is 10.5. The standard InChI is InChI=1S/C15H13BrN2S/c1-10-6-7-12(11(16)8-10)17-9-15-18-13-4-2-3-5-14(13)19-15/h2-8,17H,9H2,1H3. The molecule has 3 aromatic rings. The number of aromatic nitrogens is 1. The Balaban J connectivity index is 1.78. The van der Waals surface area contributed by atoms with Crippen molar-refractivity contribution in [3.63, 3.8) is 0 Å². The molecule has 1 heterocycles. The summed E-state index contributed by atoms with van der Waals surface area (Å²) in [5, 5.41) is 4.52. The van der Waals surface area contributed by atoms with Crippen LogP contribution in [0, 0.1) is 6.92 Å². The van der Waals surface area contributed by atoms with Gasteiger partial charge in [0, 0.05) is 10.2 Å². The van der Waals surface area contributed by atoms with E-state index in [1.54, 1.807) is 11.3 Å². The van der Waals surface area contributed by atoms with Crippen LogP contribution in [0.15, 0.2) is 46.9 Å². The number of halogens is 1. The van der Waals surface area contributed by atoms with Gasteiger partial charge in [0.2, 0.25) is 0 Å². The monoisotopic (exact) mass is 332 g/mol. The van der Waals surface area contributed by atoms with Gasteiger partial charge in [-0.1, -0.05) is 18.2 Å². The fourth-order valence-electron chi connectivity index (χ4n) is 1.93. The van der Waals surface area contributed by atoms with Crippen molar-refractivity contribution in [2.75, 3.05) is 5.32 Å². The maximum Gasteiger partial charge on any atom is 0.113 e.